The number of anilines is 1. The minimum absolute atomic E-state index is 0.197. The molecule has 1 atom stereocenters. The molecule has 2 heterocycles. The summed E-state index contributed by atoms with van der Waals surface area (Å²) in [5.74, 6) is -0.281. The van der Waals surface area contributed by atoms with Gasteiger partial charge in [-0.1, -0.05) is 24.3 Å². The lowest BCUT2D eigenvalue weighted by Crippen LogP contribution is -2.41. The molecule has 1 aliphatic heterocycles. The fourth-order valence-electron chi connectivity index (χ4n) is 3.62. The average molecular weight is 425 g/mol. The molecule has 31 heavy (non-hydrogen) atoms. The topological polar surface area (TPSA) is 103 Å². The van der Waals surface area contributed by atoms with Crippen LogP contribution < -0.4 is 10.8 Å². The number of amides is 1. The number of benzene rings is 1. The first-order valence-electron chi connectivity index (χ1n) is 10.6. The van der Waals surface area contributed by atoms with Crippen LogP contribution in [0.15, 0.2) is 30.3 Å². The summed E-state index contributed by atoms with van der Waals surface area (Å²) in [6.45, 7) is 9.80. The number of rotatable bonds is 5. The van der Waals surface area contributed by atoms with Gasteiger partial charge < -0.3 is 19.7 Å². The molecule has 4 rings (SSSR count). The van der Waals surface area contributed by atoms with E-state index < -0.39 is 30.3 Å². The van der Waals surface area contributed by atoms with E-state index in [2.05, 4.69) is 10.4 Å². The predicted molar refractivity (Wildman–Crippen MR) is 117 cm³/mol. The second-order valence-corrected chi connectivity index (χ2v) is 9.39. The summed E-state index contributed by atoms with van der Waals surface area (Å²) in [6, 6.07) is 9.25. The minimum Gasteiger partial charge on any atom is -0.463 e. The maximum Gasteiger partial charge on any atom is 0.494 e. The molecule has 0 radical (unpaired) electrons. The van der Waals surface area contributed by atoms with Crippen molar-refractivity contribution in [3.05, 3.63) is 41.6 Å². The summed E-state index contributed by atoms with van der Waals surface area (Å²) in [6.07, 6.45) is 0.730. The summed E-state index contributed by atoms with van der Waals surface area (Å²) < 4.78 is 13.2. The Morgan fingerprint density at radius 1 is 1.19 bits per heavy atom. The fraction of sp³-hybridized carbons (Fsp3) is 0.500. The fourth-order valence-corrected chi connectivity index (χ4v) is 3.62. The smallest absolute Gasteiger partial charge is 0.463 e. The Morgan fingerprint density at radius 2 is 1.84 bits per heavy atom. The highest BCUT2D eigenvalue weighted by molar-refractivity contribution is 6.62. The van der Waals surface area contributed by atoms with E-state index in [4.69, 9.17) is 9.31 Å². The SMILES string of the molecule is CC(C(=O)Nc1cc(C2CC2)n(C(=O)O)n1)c1cccc(B2OC(C)(C)C(C)(C)O2)c1. The quantitative estimate of drug-likeness (QED) is 0.713. The molecular formula is C22H28BN3O5. The molecule has 1 saturated heterocycles. The normalized spacial score (nSPS) is 20.5. The van der Waals surface area contributed by atoms with E-state index in [0.29, 0.717) is 5.69 Å². The first-order valence-corrected chi connectivity index (χ1v) is 10.6. The van der Waals surface area contributed by atoms with Gasteiger partial charge in [-0.2, -0.15) is 4.68 Å². The summed E-state index contributed by atoms with van der Waals surface area (Å²) in [4.78, 5) is 24.3. The number of nitrogens with one attached hydrogen (secondary N) is 1. The molecule has 0 spiro atoms. The van der Waals surface area contributed by atoms with E-state index in [-0.39, 0.29) is 17.6 Å². The third kappa shape index (κ3) is 4.12. The molecule has 2 aliphatic rings. The van der Waals surface area contributed by atoms with Crippen molar-refractivity contribution < 1.29 is 24.0 Å². The van der Waals surface area contributed by atoms with Crippen molar-refractivity contribution in [1.29, 1.82) is 0 Å². The van der Waals surface area contributed by atoms with Crippen LogP contribution in [0.1, 0.15) is 70.6 Å². The van der Waals surface area contributed by atoms with Crippen LogP contribution in [-0.4, -0.2) is 45.2 Å². The second kappa shape index (κ2) is 7.49. The monoisotopic (exact) mass is 425 g/mol. The molecule has 9 heteroatoms. The lowest BCUT2D eigenvalue weighted by Gasteiger charge is -2.32. The largest absolute Gasteiger partial charge is 0.494 e. The molecule has 1 saturated carbocycles. The van der Waals surface area contributed by atoms with Gasteiger partial charge in [0, 0.05) is 12.0 Å². The molecule has 2 fully saturated rings. The summed E-state index contributed by atoms with van der Waals surface area (Å²) in [5.41, 5.74) is 1.39. The highest BCUT2D eigenvalue weighted by Crippen LogP contribution is 2.41. The van der Waals surface area contributed by atoms with E-state index in [1.807, 2.05) is 52.0 Å². The Kier molecular flexibility index (Phi) is 5.22. The molecule has 2 aromatic rings. The van der Waals surface area contributed by atoms with Gasteiger partial charge in [0.25, 0.3) is 0 Å². The average Bonchev–Trinajstić information content (AvgIpc) is 3.41. The molecule has 1 aromatic heterocycles. The molecule has 1 unspecified atom stereocenters. The zero-order valence-electron chi connectivity index (χ0n) is 18.5. The zero-order valence-corrected chi connectivity index (χ0v) is 18.5. The Labute approximate surface area is 182 Å². The van der Waals surface area contributed by atoms with Crippen molar-refractivity contribution in [3.63, 3.8) is 0 Å². The van der Waals surface area contributed by atoms with Gasteiger partial charge in [0.1, 0.15) is 0 Å². The Hall–Kier alpha value is -2.65. The van der Waals surface area contributed by atoms with Gasteiger partial charge in [-0.05, 0) is 58.5 Å². The van der Waals surface area contributed by atoms with Crippen LogP contribution in [0.4, 0.5) is 10.6 Å². The van der Waals surface area contributed by atoms with Gasteiger partial charge in [-0.15, -0.1) is 5.10 Å². The first-order chi connectivity index (χ1) is 14.5. The van der Waals surface area contributed by atoms with Gasteiger partial charge in [-0.25, -0.2) is 4.79 Å². The maximum absolute atomic E-state index is 12.9. The molecule has 0 bridgehead atoms. The molecule has 1 aliphatic carbocycles. The summed E-state index contributed by atoms with van der Waals surface area (Å²) in [7, 11) is -0.507. The molecular weight excluding hydrogens is 397 g/mol. The van der Waals surface area contributed by atoms with Crippen LogP contribution in [-0.2, 0) is 14.1 Å². The maximum atomic E-state index is 12.9. The van der Waals surface area contributed by atoms with Crippen LogP contribution >= 0.6 is 0 Å². The number of nitrogens with zero attached hydrogens (tertiary/aromatic N) is 2. The Morgan fingerprint density at radius 3 is 2.42 bits per heavy atom. The number of carboxylic acid groups (broad SMARTS) is 1. The summed E-state index contributed by atoms with van der Waals surface area (Å²) in [5, 5.41) is 16.2. The van der Waals surface area contributed by atoms with Crippen LogP contribution in [0.5, 0.6) is 0 Å². The first kappa shape index (κ1) is 21.6. The lowest BCUT2D eigenvalue weighted by molar-refractivity contribution is -0.117. The van der Waals surface area contributed by atoms with E-state index >= 15 is 0 Å². The van der Waals surface area contributed by atoms with Gasteiger partial charge in [0.15, 0.2) is 5.82 Å². The van der Waals surface area contributed by atoms with Crippen LogP contribution in [0.2, 0.25) is 0 Å². The van der Waals surface area contributed by atoms with E-state index in [9.17, 15) is 14.7 Å². The van der Waals surface area contributed by atoms with Crippen molar-refractivity contribution in [2.24, 2.45) is 0 Å². The molecule has 164 valence electrons. The number of aromatic nitrogens is 2. The third-order valence-electron chi connectivity index (χ3n) is 6.49. The van der Waals surface area contributed by atoms with Crippen LogP contribution in [0.25, 0.3) is 0 Å². The highest BCUT2D eigenvalue weighted by Gasteiger charge is 2.51. The van der Waals surface area contributed by atoms with Crippen LogP contribution in [0.3, 0.4) is 0 Å². The van der Waals surface area contributed by atoms with Crippen molar-refractivity contribution in [2.75, 3.05) is 5.32 Å². The molecule has 1 amide bonds. The third-order valence-corrected chi connectivity index (χ3v) is 6.49. The van der Waals surface area contributed by atoms with Crippen molar-refractivity contribution in [2.45, 2.75) is 70.5 Å². The Bertz CT molecular complexity index is 1010. The highest BCUT2D eigenvalue weighted by atomic mass is 16.7. The zero-order chi connectivity index (χ0) is 22.6. The van der Waals surface area contributed by atoms with Crippen molar-refractivity contribution in [1.82, 2.24) is 9.78 Å². The van der Waals surface area contributed by atoms with Gasteiger partial charge in [0.2, 0.25) is 5.91 Å². The van der Waals surface area contributed by atoms with Crippen LogP contribution in [0, 0.1) is 0 Å². The van der Waals surface area contributed by atoms with Gasteiger partial charge in [0.05, 0.1) is 22.8 Å². The number of carbonyl (C=O) groups excluding carboxylic acids is 1. The molecule has 2 N–H and O–H groups in total. The van der Waals surface area contributed by atoms with E-state index in [1.54, 1.807) is 13.0 Å². The summed E-state index contributed by atoms with van der Waals surface area (Å²) >= 11 is 0. The number of carbonyl (C=O) groups is 2. The lowest BCUT2D eigenvalue weighted by atomic mass is 9.77. The van der Waals surface area contributed by atoms with Gasteiger partial charge in [-0.3, -0.25) is 4.79 Å². The number of hydrogen-bond donors (Lipinski definition) is 2. The second-order valence-electron chi connectivity index (χ2n) is 9.39. The Balaban J connectivity index is 1.49. The number of hydrogen-bond acceptors (Lipinski definition) is 5. The predicted octanol–water partition coefficient (Wildman–Crippen LogP) is 3.33. The van der Waals surface area contributed by atoms with E-state index in [1.165, 1.54) is 0 Å². The van der Waals surface area contributed by atoms with Crippen molar-refractivity contribution in [3.8, 4) is 0 Å². The van der Waals surface area contributed by atoms with E-state index in [0.717, 1.165) is 28.5 Å². The molecule has 8 nitrogen and oxygen atoms in total. The standard InChI is InChI=1S/C22H28BN3O5/c1-13(19(27)24-18-12-17(14-9-10-14)26(25-18)20(28)29)15-7-6-8-16(11-15)23-30-21(2,3)22(4,5)31-23/h6-8,11-14H,9-10H2,1-5H3,(H,28,29)(H,24,25,27). The van der Waals surface area contributed by atoms with Crippen molar-refractivity contribution >= 4 is 30.4 Å². The van der Waals surface area contributed by atoms with Gasteiger partial charge >= 0.3 is 13.2 Å². The minimum atomic E-state index is -1.15. The molecule has 1 aromatic carbocycles.